The van der Waals surface area contributed by atoms with Gasteiger partial charge in [0.2, 0.25) is 0 Å². The molecule has 1 aromatic rings. The van der Waals surface area contributed by atoms with E-state index in [2.05, 4.69) is 24.5 Å². The summed E-state index contributed by atoms with van der Waals surface area (Å²) in [6.07, 6.45) is 0. The first-order chi connectivity index (χ1) is 10.1. The molecule has 3 amide bonds. The quantitative estimate of drug-likeness (QED) is 0.889. The highest BCUT2D eigenvalue weighted by molar-refractivity contribution is 6.01. The molecule has 5 nitrogen and oxygen atoms in total. The molecule has 2 heterocycles. The topological polar surface area (TPSA) is 61.4 Å². The zero-order valence-corrected chi connectivity index (χ0v) is 12.2. The van der Waals surface area contributed by atoms with E-state index < -0.39 is 0 Å². The zero-order valence-electron chi connectivity index (χ0n) is 12.2. The monoisotopic (exact) mass is 285 g/mol. The Balaban J connectivity index is 1.94. The van der Waals surface area contributed by atoms with Crippen molar-refractivity contribution in [3.8, 4) is 0 Å². The molecule has 2 aliphatic rings. The van der Waals surface area contributed by atoms with E-state index in [1.165, 1.54) is 0 Å². The van der Waals surface area contributed by atoms with Crippen LogP contribution in [0.1, 0.15) is 25.5 Å². The molecule has 21 heavy (non-hydrogen) atoms. The van der Waals surface area contributed by atoms with Gasteiger partial charge in [-0.3, -0.25) is 4.79 Å². The maximum Gasteiger partial charge on any atom is 0.319 e. The van der Waals surface area contributed by atoms with Crippen LogP contribution in [0.5, 0.6) is 0 Å². The summed E-state index contributed by atoms with van der Waals surface area (Å²) < 4.78 is 0. The molecule has 0 unspecified atom stereocenters. The van der Waals surface area contributed by atoms with Crippen LogP contribution < -0.4 is 10.6 Å². The molecular weight excluding hydrogens is 266 g/mol. The molecule has 0 saturated heterocycles. The van der Waals surface area contributed by atoms with Gasteiger partial charge in [0, 0.05) is 6.54 Å². The molecule has 3 rings (SSSR count). The summed E-state index contributed by atoms with van der Waals surface area (Å²) in [5, 5.41) is 5.63. The first-order valence-corrected chi connectivity index (χ1v) is 7.21. The fourth-order valence-electron chi connectivity index (χ4n) is 2.91. The lowest BCUT2D eigenvalue weighted by Gasteiger charge is -2.25. The van der Waals surface area contributed by atoms with Gasteiger partial charge in [0.05, 0.1) is 23.9 Å². The highest BCUT2D eigenvalue weighted by atomic mass is 16.2. The van der Waals surface area contributed by atoms with Crippen molar-refractivity contribution in [1.82, 2.24) is 15.5 Å². The number of carbonyl (C=O) groups is 2. The van der Waals surface area contributed by atoms with Gasteiger partial charge < -0.3 is 15.5 Å². The van der Waals surface area contributed by atoms with E-state index in [9.17, 15) is 9.59 Å². The molecular formula is C16H19N3O2. The van der Waals surface area contributed by atoms with Gasteiger partial charge in [-0.1, -0.05) is 44.2 Å². The SMILES string of the molecule is CC(C)CN1CC2=C(C1=O)[C@H](c1ccccc1)NC(=O)N2. The summed E-state index contributed by atoms with van der Waals surface area (Å²) in [6.45, 7) is 5.35. The van der Waals surface area contributed by atoms with Crippen LogP contribution in [0.2, 0.25) is 0 Å². The van der Waals surface area contributed by atoms with Crippen LogP contribution in [-0.4, -0.2) is 29.9 Å². The third-order valence-electron chi connectivity index (χ3n) is 3.74. The minimum atomic E-state index is -0.361. The maximum absolute atomic E-state index is 12.6. The Labute approximate surface area is 124 Å². The van der Waals surface area contributed by atoms with Gasteiger partial charge in [-0.05, 0) is 11.5 Å². The minimum absolute atomic E-state index is 0.0139. The van der Waals surface area contributed by atoms with Crippen molar-refractivity contribution in [3.63, 3.8) is 0 Å². The van der Waals surface area contributed by atoms with Crippen LogP contribution in [-0.2, 0) is 4.79 Å². The molecule has 0 aliphatic carbocycles. The standard InChI is InChI=1S/C16H19N3O2/c1-10(2)8-19-9-12-13(15(19)20)14(18-16(21)17-12)11-6-4-3-5-7-11/h3-7,10,14H,8-9H2,1-2H3,(H2,17,18,21)/t14-/m0/s1. The number of rotatable bonds is 3. The first kappa shape index (κ1) is 13.7. The van der Waals surface area contributed by atoms with Crippen LogP contribution in [0.3, 0.4) is 0 Å². The number of amides is 3. The summed E-state index contributed by atoms with van der Waals surface area (Å²) >= 11 is 0. The number of carbonyl (C=O) groups excluding carboxylic acids is 2. The molecule has 0 saturated carbocycles. The average molecular weight is 285 g/mol. The third kappa shape index (κ3) is 2.51. The van der Waals surface area contributed by atoms with Crippen molar-refractivity contribution in [2.24, 2.45) is 5.92 Å². The predicted molar refractivity (Wildman–Crippen MR) is 79.3 cm³/mol. The fourth-order valence-corrected chi connectivity index (χ4v) is 2.91. The molecule has 5 heteroatoms. The van der Waals surface area contributed by atoms with E-state index in [1.54, 1.807) is 4.90 Å². The lowest BCUT2D eigenvalue weighted by atomic mass is 9.96. The summed E-state index contributed by atoms with van der Waals surface area (Å²) in [7, 11) is 0. The zero-order chi connectivity index (χ0) is 15.0. The van der Waals surface area contributed by atoms with Gasteiger partial charge >= 0.3 is 6.03 Å². The van der Waals surface area contributed by atoms with Crippen molar-refractivity contribution in [1.29, 1.82) is 0 Å². The molecule has 0 bridgehead atoms. The number of nitrogens with zero attached hydrogens (tertiary/aromatic N) is 1. The second-order valence-corrected chi connectivity index (χ2v) is 5.91. The molecule has 0 radical (unpaired) electrons. The van der Waals surface area contributed by atoms with E-state index in [4.69, 9.17) is 0 Å². The van der Waals surface area contributed by atoms with Crippen LogP contribution >= 0.6 is 0 Å². The predicted octanol–water partition coefficient (Wildman–Crippen LogP) is 1.79. The van der Waals surface area contributed by atoms with E-state index in [0.717, 1.165) is 11.3 Å². The Morgan fingerprint density at radius 3 is 2.62 bits per heavy atom. The molecule has 0 aromatic heterocycles. The first-order valence-electron chi connectivity index (χ1n) is 7.21. The number of benzene rings is 1. The maximum atomic E-state index is 12.6. The van der Waals surface area contributed by atoms with E-state index >= 15 is 0 Å². The minimum Gasteiger partial charge on any atom is -0.333 e. The lowest BCUT2D eigenvalue weighted by Crippen LogP contribution is -2.44. The fraction of sp³-hybridized carbons (Fsp3) is 0.375. The van der Waals surface area contributed by atoms with Gasteiger partial charge in [0.1, 0.15) is 0 Å². The van der Waals surface area contributed by atoms with Gasteiger partial charge in [-0.2, -0.15) is 0 Å². The van der Waals surface area contributed by atoms with Crippen LogP contribution in [0.25, 0.3) is 0 Å². The summed E-state index contributed by atoms with van der Waals surface area (Å²) in [4.78, 5) is 26.3. The average Bonchev–Trinajstić information content (AvgIpc) is 2.74. The smallest absolute Gasteiger partial charge is 0.319 e. The Hall–Kier alpha value is -2.30. The molecule has 1 aromatic carbocycles. The van der Waals surface area contributed by atoms with E-state index in [1.807, 2.05) is 30.3 Å². The second kappa shape index (κ2) is 5.24. The lowest BCUT2D eigenvalue weighted by molar-refractivity contribution is -0.126. The number of hydrogen-bond acceptors (Lipinski definition) is 2. The third-order valence-corrected chi connectivity index (χ3v) is 3.74. The van der Waals surface area contributed by atoms with Gasteiger partial charge in [-0.15, -0.1) is 0 Å². The highest BCUT2D eigenvalue weighted by Crippen LogP contribution is 2.32. The van der Waals surface area contributed by atoms with Crippen LogP contribution in [0.4, 0.5) is 4.79 Å². The van der Waals surface area contributed by atoms with Gasteiger partial charge in [-0.25, -0.2) is 4.79 Å². The molecule has 0 fully saturated rings. The number of urea groups is 1. The molecule has 2 N–H and O–H groups in total. The van der Waals surface area contributed by atoms with Crippen molar-refractivity contribution in [2.75, 3.05) is 13.1 Å². The summed E-state index contributed by atoms with van der Waals surface area (Å²) in [5.41, 5.74) is 2.33. The Morgan fingerprint density at radius 2 is 1.95 bits per heavy atom. The molecule has 0 spiro atoms. The summed E-state index contributed by atoms with van der Waals surface area (Å²) in [6, 6.07) is 8.99. The van der Waals surface area contributed by atoms with Gasteiger partial charge in [0.15, 0.2) is 0 Å². The second-order valence-electron chi connectivity index (χ2n) is 5.91. The Kier molecular flexibility index (Phi) is 3.41. The normalized spacial score (nSPS) is 21.5. The molecule has 2 aliphatic heterocycles. The largest absolute Gasteiger partial charge is 0.333 e. The van der Waals surface area contributed by atoms with E-state index in [-0.39, 0.29) is 18.0 Å². The molecule has 110 valence electrons. The molecule has 1 atom stereocenters. The summed E-state index contributed by atoms with van der Waals surface area (Å²) in [5.74, 6) is 0.411. The Bertz CT molecular complexity index is 607. The Morgan fingerprint density at radius 1 is 1.24 bits per heavy atom. The van der Waals surface area contributed by atoms with Crippen molar-refractivity contribution in [2.45, 2.75) is 19.9 Å². The number of hydrogen-bond donors (Lipinski definition) is 2. The number of nitrogens with one attached hydrogen (secondary N) is 2. The highest BCUT2D eigenvalue weighted by Gasteiger charge is 2.40. The van der Waals surface area contributed by atoms with Crippen LogP contribution in [0.15, 0.2) is 41.6 Å². The van der Waals surface area contributed by atoms with Crippen LogP contribution in [0, 0.1) is 5.92 Å². The van der Waals surface area contributed by atoms with Crippen molar-refractivity contribution < 1.29 is 9.59 Å². The van der Waals surface area contributed by atoms with Crippen molar-refractivity contribution in [3.05, 3.63) is 47.2 Å². The van der Waals surface area contributed by atoms with Crippen molar-refractivity contribution >= 4 is 11.9 Å². The van der Waals surface area contributed by atoms with Gasteiger partial charge in [0.25, 0.3) is 5.91 Å². The van der Waals surface area contributed by atoms with E-state index in [0.29, 0.717) is 24.6 Å².